The van der Waals surface area contributed by atoms with Gasteiger partial charge in [0.25, 0.3) is 0 Å². The molecule has 0 atom stereocenters. The molecular formula is C53H91N3O3S2. The molecule has 1 heterocycles. The molecule has 0 bridgehead atoms. The molecule has 0 aliphatic carbocycles. The van der Waals surface area contributed by atoms with Crippen LogP contribution in [0.1, 0.15) is 127 Å². The molecule has 0 aromatic heterocycles. The Kier molecular flexibility index (Phi) is 31.5. The maximum Gasteiger partial charge on any atom is 0.234 e. The average molecular weight is 882 g/mol. The highest BCUT2D eigenvalue weighted by Gasteiger charge is 2.36. The summed E-state index contributed by atoms with van der Waals surface area (Å²) in [4.78, 5) is 18.4. The minimum atomic E-state index is 0.0552. The van der Waals surface area contributed by atoms with Crippen molar-refractivity contribution in [3.8, 4) is 11.5 Å². The number of carbonyl (C=O) groups is 1. The van der Waals surface area contributed by atoms with E-state index in [1.54, 1.807) is 14.2 Å². The third kappa shape index (κ3) is 25.3. The largest absolute Gasteiger partial charge is 0.497 e. The molecule has 1 saturated heterocycles. The highest BCUT2D eigenvalue weighted by molar-refractivity contribution is 7.98. The summed E-state index contributed by atoms with van der Waals surface area (Å²) in [7, 11) is 3.39. The van der Waals surface area contributed by atoms with E-state index < -0.39 is 0 Å². The standard InChI is InChI=1S/C47H73N3O3S2.3C2H6/c1-11-13-38(14-12-2)31-47(7,8)41-23-26-49(27-24-41)36-45(3,4)35-46(5,6)37-50(28-30-55-34-40-17-21-43(53-10)22-18-40)32-44(51)48-25-29-54-33-39-15-19-42(52-9)20-16-39;3*1-2/h11-22,41H,1,23-37H2,2-10H3,(H,48,51);3*1-2H3/b14-12-,38-13+;;;. The Morgan fingerprint density at radius 2 is 1.33 bits per heavy atom. The number of hydrogen-bond donors (Lipinski definition) is 1. The van der Waals surface area contributed by atoms with Crippen molar-refractivity contribution in [2.45, 2.75) is 127 Å². The highest BCUT2D eigenvalue weighted by Crippen LogP contribution is 2.42. The van der Waals surface area contributed by atoms with Crippen molar-refractivity contribution >= 4 is 29.4 Å². The van der Waals surface area contributed by atoms with Crippen LogP contribution in [0.2, 0.25) is 0 Å². The molecule has 1 aliphatic rings. The lowest BCUT2D eigenvalue weighted by atomic mass is 9.69. The van der Waals surface area contributed by atoms with Gasteiger partial charge in [-0.2, -0.15) is 23.5 Å². The van der Waals surface area contributed by atoms with Crippen LogP contribution in [-0.2, 0) is 16.3 Å². The Morgan fingerprint density at radius 3 is 1.80 bits per heavy atom. The Bertz CT molecular complexity index is 1480. The summed E-state index contributed by atoms with van der Waals surface area (Å²) in [5, 5.41) is 3.21. The number of amides is 1. The van der Waals surface area contributed by atoms with Gasteiger partial charge in [0.2, 0.25) is 5.91 Å². The molecule has 0 saturated carbocycles. The summed E-state index contributed by atoms with van der Waals surface area (Å²) in [6.07, 6.45) is 13.2. The Hall–Kier alpha value is -2.65. The van der Waals surface area contributed by atoms with Crippen molar-refractivity contribution in [1.29, 1.82) is 0 Å². The van der Waals surface area contributed by atoms with Crippen LogP contribution in [0.3, 0.4) is 0 Å². The number of methoxy groups -OCH3 is 2. The van der Waals surface area contributed by atoms with Gasteiger partial charge in [-0.3, -0.25) is 9.69 Å². The zero-order valence-corrected chi connectivity index (χ0v) is 43.4. The van der Waals surface area contributed by atoms with Gasteiger partial charge < -0.3 is 19.7 Å². The number of rotatable bonds is 25. The number of benzene rings is 2. The summed E-state index contributed by atoms with van der Waals surface area (Å²) in [6, 6.07) is 16.5. The Morgan fingerprint density at radius 1 is 0.820 bits per heavy atom. The van der Waals surface area contributed by atoms with Crippen LogP contribution in [0.5, 0.6) is 11.5 Å². The normalized spacial score (nSPS) is 13.9. The molecule has 0 unspecified atom stereocenters. The molecule has 1 fully saturated rings. The molecule has 3 rings (SSSR count). The van der Waals surface area contributed by atoms with E-state index in [-0.39, 0.29) is 22.2 Å². The van der Waals surface area contributed by atoms with E-state index in [2.05, 4.69) is 113 Å². The van der Waals surface area contributed by atoms with Crippen LogP contribution in [0.4, 0.5) is 0 Å². The van der Waals surface area contributed by atoms with Crippen molar-refractivity contribution in [2.75, 3.05) is 71.5 Å². The van der Waals surface area contributed by atoms with Crippen LogP contribution < -0.4 is 14.8 Å². The quantitative estimate of drug-likeness (QED) is 0.0787. The second kappa shape index (κ2) is 32.9. The number of ether oxygens (including phenoxy) is 2. The number of carbonyl (C=O) groups excluding carboxylic acids is 1. The second-order valence-corrected chi connectivity index (χ2v) is 19.8. The molecule has 1 amide bonds. The molecule has 2 aromatic rings. The van der Waals surface area contributed by atoms with Crippen molar-refractivity contribution in [1.82, 2.24) is 15.1 Å². The van der Waals surface area contributed by atoms with E-state index in [4.69, 9.17) is 9.47 Å². The minimum Gasteiger partial charge on any atom is -0.497 e. The molecule has 0 spiro atoms. The molecule has 2 aromatic carbocycles. The molecule has 1 aliphatic heterocycles. The number of thioether (sulfide) groups is 2. The second-order valence-electron chi connectivity index (χ2n) is 17.6. The van der Waals surface area contributed by atoms with Gasteiger partial charge in [0, 0.05) is 49.2 Å². The van der Waals surface area contributed by atoms with E-state index in [1.807, 2.05) is 95.4 Å². The number of piperidine rings is 1. The van der Waals surface area contributed by atoms with E-state index in [0.717, 1.165) is 86.0 Å². The third-order valence-corrected chi connectivity index (χ3v) is 12.7. The lowest BCUT2D eigenvalue weighted by molar-refractivity contribution is -0.122. The van der Waals surface area contributed by atoms with E-state index in [9.17, 15) is 4.79 Å². The van der Waals surface area contributed by atoms with Crippen LogP contribution in [0.15, 0.2) is 85.0 Å². The number of likely N-dealkylation sites (tertiary alicyclic amines) is 1. The predicted molar refractivity (Wildman–Crippen MR) is 275 cm³/mol. The topological polar surface area (TPSA) is 54.0 Å². The first-order valence-corrected chi connectivity index (χ1v) is 25.6. The van der Waals surface area contributed by atoms with Gasteiger partial charge in [-0.05, 0) is 109 Å². The van der Waals surface area contributed by atoms with Crippen molar-refractivity contribution in [2.24, 2.45) is 22.2 Å². The van der Waals surface area contributed by atoms with Gasteiger partial charge in [0.1, 0.15) is 11.5 Å². The van der Waals surface area contributed by atoms with Gasteiger partial charge >= 0.3 is 0 Å². The lowest BCUT2D eigenvalue weighted by Gasteiger charge is -2.45. The average Bonchev–Trinajstić information content (AvgIpc) is 3.24. The molecular weight excluding hydrogens is 791 g/mol. The van der Waals surface area contributed by atoms with Crippen molar-refractivity contribution in [3.63, 3.8) is 0 Å². The summed E-state index contributed by atoms with van der Waals surface area (Å²) in [5.74, 6) is 6.31. The van der Waals surface area contributed by atoms with Crippen LogP contribution in [-0.4, -0.2) is 87.2 Å². The first-order valence-electron chi connectivity index (χ1n) is 23.2. The molecule has 1 N–H and O–H groups in total. The molecule has 0 radical (unpaired) electrons. The SMILES string of the molecule is C=C/C=C(\C=C/C)CC(C)(C)C1CCN(CC(C)(C)CC(C)(C)CN(CCSCc2ccc(OC)cc2)CC(=O)NCCSCc2ccc(OC)cc2)CC1.CC.CC.CC. The Labute approximate surface area is 385 Å². The molecule has 61 heavy (non-hydrogen) atoms. The van der Waals surface area contributed by atoms with Crippen LogP contribution in [0.25, 0.3) is 0 Å². The molecule has 6 nitrogen and oxygen atoms in total. The molecule has 8 heteroatoms. The number of nitrogens with zero attached hydrogens (tertiary/aromatic N) is 2. The van der Waals surface area contributed by atoms with Crippen LogP contribution >= 0.6 is 23.5 Å². The van der Waals surface area contributed by atoms with Gasteiger partial charge in [-0.15, -0.1) is 0 Å². The summed E-state index contributed by atoms with van der Waals surface area (Å²) in [5.41, 5.74) is 4.40. The lowest BCUT2D eigenvalue weighted by Crippen LogP contribution is -2.46. The third-order valence-electron chi connectivity index (χ3n) is 10.7. The molecule has 348 valence electrons. The van der Waals surface area contributed by atoms with Crippen LogP contribution in [0, 0.1) is 22.2 Å². The first-order chi connectivity index (χ1) is 29.2. The summed E-state index contributed by atoms with van der Waals surface area (Å²) in [6.45, 7) is 38.9. The number of allylic oxidation sites excluding steroid dienone is 5. The van der Waals surface area contributed by atoms with E-state index in [0.29, 0.717) is 13.1 Å². The maximum absolute atomic E-state index is 13.3. The zero-order chi connectivity index (χ0) is 46.3. The smallest absolute Gasteiger partial charge is 0.234 e. The minimum absolute atomic E-state index is 0.0552. The van der Waals surface area contributed by atoms with Crippen molar-refractivity contribution in [3.05, 3.63) is 96.1 Å². The zero-order valence-electron chi connectivity index (χ0n) is 41.8. The first kappa shape index (κ1) is 58.4. The van der Waals surface area contributed by atoms with Gasteiger partial charge in [-0.1, -0.05) is 138 Å². The van der Waals surface area contributed by atoms with Gasteiger partial charge in [-0.25, -0.2) is 0 Å². The maximum atomic E-state index is 13.3. The fraction of sp³-hybridized carbons (Fsp3) is 0.642. The van der Waals surface area contributed by atoms with E-state index >= 15 is 0 Å². The predicted octanol–water partition coefficient (Wildman–Crippen LogP) is 13.6. The number of nitrogens with one attached hydrogen (secondary N) is 1. The van der Waals surface area contributed by atoms with Gasteiger partial charge in [0.15, 0.2) is 0 Å². The highest BCUT2D eigenvalue weighted by atomic mass is 32.2. The summed E-state index contributed by atoms with van der Waals surface area (Å²) < 4.78 is 10.6. The fourth-order valence-electron chi connectivity index (χ4n) is 8.45. The van der Waals surface area contributed by atoms with E-state index in [1.165, 1.54) is 29.5 Å². The number of hydrogen-bond acceptors (Lipinski definition) is 7. The summed E-state index contributed by atoms with van der Waals surface area (Å²) >= 11 is 3.77. The Balaban J connectivity index is 0.00000573. The monoisotopic (exact) mass is 882 g/mol. The van der Waals surface area contributed by atoms with Crippen molar-refractivity contribution < 1.29 is 14.3 Å². The fourth-order valence-corrected chi connectivity index (χ4v) is 10.2. The van der Waals surface area contributed by atoms with Gasteiger partial charge in [0.05, 0.1) is 20.8 Å².